The maximum absolute atomic E-state index is 5.54. The first-order valence-corrected chi connectivity index (χ1v) is 6.61. The van der Waals surface area contributed by atoms with Crippen LogP contribution in [-0.4, -0.2) is 54.5 Å². The number of methoxy groups -OCH3 is 1. The van der Waals surface area contributed by atoms with Crippen LogP contribution in [0.3, 0.4) is 0 Å². The van der Waals surface area contributed by atoms with Crippen LogP contribution >= 0.6 is 0 Å². The second-order valence-corrected chi connectivity index (χ2v) is 4.27. The Hall–Kier alpha value is -3.04. The molecule has 0 bridgehead atoms. The molecule has 3 aromatic rings. The van der Waals surface area contributed by atoms with E-state index >= 15 is 0 Å². The van der Waals surface area contributed by atoms with Crippen LogP contribution in [0.15, 0.2) is 18.2 Å². The Morgan fingerprint density at radius 3 is 2.86 bits per heavy atom. The summed E-state index contributed by atoms with van der Waals surface area (Å²) in [7, 11) is 1.59. The zero-order valence-corrected chi connectivity index (χ0v) is 12.1. The van der Waals surface area contributed by atoms with E-state index in [-0.39, 0.29) is 6.54 Å². The molecule has 0 radical (unpaired) electrons. The Morgan fingerprint density at radius 2 is 2.14 bits per heavy atom. The van der Waals surface area contributed by atoms with E-state index < -0.39 is 0 Å². The third-order valence-corrected chi connectivity index (χ3v) is 2.85. The van der Waals surface area contributed by atoms with E-state index in [2.05, 4.69) is 36.0 Å². The molecule has 10 heteroatoms. The van der Waals surface area contributed by atoms with Gasteiger partial charge in [-0.2, -0.15) is 10.0 Å². The lowest BCUT2D eigenvalue weighted by Crippen LogP contribution is -2.05. The fourth-order valence-corrected chi connectivity index (χ4v) is 1.89. The molecule has 114 valence electrons. The second-order valence-electron chi connectivity index (χ2n) is 4.27. The highest BCUT2D eigenvalue weighted by Gasteiger charge is 2.12. The Bertz CT molecular complexity index is 739. The monoisotopic (exact) mass is 302 g/mol. The third-order valence-electron chi connectivity index (χ3n) is 2.85. The summed E-state index contributed by atoms with van der Waals surface area (Å²) in [6, 6.07) is 5.47. The largest absolute Gasteiger partial charge is 0.493 e. The fourth-order valence-electron chi connectivity index (χ4n) is 1.89. The van der Waals surface area contributed by atoms with Gasteiger partial charge in [0.1, 0.15) is 6.54 Å². The Morgan fingerprint density at radius 1 is 1.23 bits per heavy atom. The molecule has 0 unspecified atom stereocenters. The first kappa shape index (κ1) is 13.9. The minimum Gasteiger partial charge on any atom is -0.493 e. The van der Waals surface area contributed by atoms with E-state index in [1.165, 1.54) is 4.80 Å². The molecule has 0 spiro atoms. The topological polar surface area (TPSA) is 117 Å². The molecular weight excluding hydrogens is 288 g/mol. The molecule has 0 aliphatic heterocycles. The lowest BCUT2D eigenvalue weighted by molar-refractivity contribution is 0.311. The number of rotatable bonds is 6. The third kappa shape index (κ3) is 2.85. The minimum absolute atomic E-state index is 0.290. The van der Waals surface area contributed by atoms with E-state index in [1.54, 1.807) is 13.2 Å². The smallest absolute Gasteiger partial charge is 0.205 e. The van der Waals surface area contributed by atoms with Gasteiger partial charge in [0, 0.05) is 5.56 Å². The SMILES string of the molecule is CCOc1cc(-c2nnn(Cc3nn[nH]n3)n2)ccc1OC. The molecular formula is C12H14N8O2. The molecule has 0 atom stereocenters. The van der Waals surface area contributed by atoms with Crippen molar-refractivity contribution in [3.8, 4) is 22.9 Å². The average Bonchev–Trinajstić information content (AvgIpc) is 3.20. The van der Waals surface area contributed by atoms with Crippen molar-refractivity contribution in [2.75, 3.05) is 13.7 Å². The van der Waals surface area contributed by atoms with Gasteiger partial charge in [-0.3, -0.25) is 0 Å². The van der Waals surface area contributed by atoms with Gasteiger partial charge in [0.15, 0.2) is 17.3 Å². The van der Waals surface area contributed by atoms with Crippen molar-refractivity contribution in [2.45, 2.75) is 13.5 Å². The van der Waals surface area contributed by atoms with Crippen molar-refractivity contribution in [3.63, 3.8) is 0 Å². The van der Waals surface area contributed by atoms with E-state index in [9.17, 15) is 0 Å². The number of nitrogens with zero attached hydrogens (tertiary/aromatic N) is 7. The van der Waals surface area contributed by atoms with Crippen LogP contribution in [0.4, 0.5) is 0 Å². The van der Waals surface area contributed by atoms with Crippen LogP contribution in [0.1, 0.15) is 12.7 Å². The highest BCUT2D eigenvalue weighted by Crippen LogP contribution is 2.31. The molecule has 0 amide bonds. The van der Waals surface area contributed by atoms with E-state index in [1.807, 2.05) is 19.1 Å². The van der Waals surface area contributed by atoms with Crippen LogP contribution in [0, 0.1) is 0 Å². The highest BCUT2D eigenvalue weighted by molar-refractivity contribution is 5.60. The minimum atomic E-state index is 0.290. The van der Waals surface area contributed by atoms with Crippen LogP contribution in [0.25, 0.3) is 11.4 Å². The molecule has 0 aliphatic carbocycles. The van der Waals surface area contributed by atoms with Crippen LogP contribution in [0.5, 0.6) is 11.5 Å². The Balaban J connectivity index is 1.84. The van der Waals surface area contributed by atoms with Crippen molar-refractivity contribution in [1.82, 2.24) is 40.8 Å². The van der Waals surface area contributed by atoms with Crippen molar-refractivity contribution < 1.29 is 9.47 Å². The standard InChI is InChI=1S/C12H14N8O2/c1-3-22-10-6-8(4-5-9(10)21-2)12-15-19-20(16-12)7-11-13-17-18-14-11/h4-6H,3,7H2,1-2H3,(H,13,14,17,18). The first-order chi connectivity index (χ1) is 10.8. The van der Waals surface area contributed by atoms with Crippen molar-refractivity contribution >= 4 is 0 Å². The summed E-state index contributed by atoms with van der Waals surface area (Å²) < 4.78 is 10.8. The second kappa shape index (κ2) is 6.16. The maximum atomic E-state index is 5.54. The number of benzene rings is 1. The summed E-state index contributed by atoms with van der Waals surface area (Å²) in [5, 5.41) is 25.8. The zero-order chi connectivity index (χ0) is 15.4. The summed E-state index contributed by atoms with van der Waals surface area (Å²) in [6.45, 7) is 2.74. The number of hydrogen-bond donors (Lipinski definition) is 1. The van der Waals surface area contributed by atoms with Crippen molar-refractivity contribution in [3.05, 3.63) is 24.0 Å². The van der Waals surface area contributed by atoms with Gasteiger partial charge in [0.05, 0.1) is 13.7 Å². The number of H-pyrrole nitrogens is 1. The van der Waals surface area contributed by atoms with Gasteiger partial charge in [-0.15, -0.1) is 20.4 Å². The predicted octanol–water partition coefficient (Wildman–Crippen LogP) is 0.309. The highest BCUT2D eigenvalue weighted by atomic mass is 16.5. The Labute approximate surface area is 125 Å². The molecule has 1 N–H and O–H groups in total. The van der Waals surface area contributed by atoms with Crippen LogP contribution in [0.2, 0.25) is 0 Å². The number of nitrogens with one attached hydrogen (secondary N) is 1. The van der Waals surface area contributed by atoms with Gasteiger partial charge in [-0.1, -0.05) is 5.21 Å². The lowest BCUT2D eigenvalue weighted by Gasteiger charge is -2.09. The Kier molecular flexibility index (Phi) is 3.90. The summed E-state index contributed by atoms with van der Waals surface area (Å²) in [5.74, 6) is 2.25. The van der Waals surface area contributed by atoms with Gasteiger partial charge >= 0.3 is 0 Å². The van der Waals surface area contributed by atoms with Crippen molar-refractivity contribution in [1.29, 1.82) is 0 Å². The number of tetrazole rings is 2. The van der Waals surface area contributed by atoms with E-state index in [0.29, 0.717) is 29.8 Å². The molecule has 0 saturated carbocycles. The molecule has 10 nitrogen and oxygen atoms in total. The lowest BCUT2D eigenvalue weighted by atomic mass is 10.2. The zero-order valence-electron chi connectivity index (χ0n) is 12.1. The van der Waals surface area contributed by atoms with Gasteiger partial charge < -0.3 is 9.47 Å². The molecule has 1 aromatic carbocycles. The molecule has 0 fully saturated rings. The number of aromatic nitrogens is 8. The fraction of sp³-hybridized carbons (Fsp3) is 0.333. The quantitative estimate of drug-likeness (QED) is 0.691. The van der Waals surface area contributed by atoms with Crippen LogP contribution in [-0.2, 0) is 6.54 Å². The summed E-state index contributed by atoms with van der Waals surface area (Å²) >= 11 is 0. The molecule has 0 aliphatic rings. The normalized spacial score (nSPS) is 10.6. The number of ether oxygens (including phenoxy) is 2. The maximum Gasteiger partial charge on any atom is 0.205 e. The number of hydrogen-bond acceptors (Lipinski definition) is 8. The summed E-state index contributed by atoms with van der Waals surface area (Å²) in [5.41, 5.74) is 0.781. The average molecular weight is 302 g/mol. The van der Waals surface area contributed by atoms with Gasteiger partial charge in [0.2, 0.25) is 5.82 Å². The molecule has 0 saturated heterocycles. The molecule has 2 heterocycles. The summed E-state index contributed by atoms with van der Waals surface area (Å²) in [6.07, 6.45) is 0. The predicted molar refractivity (Wildman–Crippen MR) is 74.3 cm³/mol. The van der Waals surface area contributed by atoms with Gasteiger partial charge in [-0.05, 0) is 30.3 Å². The van der Waals surface area contributed by atoms with Gasteiger partial charge in [0.25, 0.3) is 0 Å². The molecule has 22 heavy (non-hydrogen) atoms. The summed E-state index contributed by atoms with van der Waals surface area (Å²) in [4.78, 5) is 1.39. The van der Waals surface area contributed by atoms with E-state index in [4.69, 9.17) is 9.47 Å². The molecule has 3 rings (SSSR count). The van der Waals surface area contributed by atoms with Crippen LogP contribution < -0.4 is 9.47 Å². The molecule has 2 aromatic heterocycles. The van der Waals surface area contributed by atoms with E-state index in [0.717, 1.165) is 5.56 Å². The first-order valence-electron chi connectivity index (χ1n) is 6.61. The van der Waals surface area contributed by atoms with Gasteiger partial charge in [-0.25, -0.2) is 0 Å². The van der Waals surface area contributed by atoms with Crippen molar-refractivity contribution in [2.24, 2.45) is 0 Å². The number of aromatic amines is 1.